The highest BCUT2D eigenvalue weighted by molar-refractivity contribution is 7.90. The smallest absolute Gasteiger partial charge is 0.410 e. The normalized spacial score (nSPS) is 16.8. The maximum Gasteiger partial charge on any atom is 0.410 e. The number of para-hydroxylation sites is 1. The van der Waals surface area contributed by atoms with Gasteiger partial charge >= 0.3 is 12.1 Å². The fraction of sp³-hybridized carbons (Fsp3) is 0.333. The summed E-state index contributed by atoms with van der Waals surface area (Å²) in [6.45, 7) is 5.08. The van der Waals surface area contributed by atoms with Crippen LogP contribution >= 0.6 is 0 Å². The van der Waals surface area contributed by atoms with Gasteiger partial charge in [0.05, 0.1) is 35.5 Å². The van der Waals surface area contributed by atoms with E-state index in [1.807, 2.05) is 0 Å². The Hall–Kier alpha value is -4.20. The minimum Gasteiger partial charge on any atom is -0.469 e. The third kappa shape index (κ3) is 6.53. The van der Waals surface area contributed by atoms with Gasteiger partial charge in [-0.15, -0.1) is 0 Å². The van der Waals surface area contributed by atoms with E-state index < -0.39 is 55.9 Å². The first-order chi connectivity index (χ1) is 21.6. The second kappa shape index (κ2) is 12.5. The minimum atomic E-state index is -4.35. The number of esters is 1. The Balaban J connectivity index is 1.89. The van der Waals surface area contributed by atoms with Crippen LogP contribution in [0.1, 0.15) is 49.7 Å². The summed E-state index contributed by atoms with van der Waals surface area (Å²) in [4.78, 5) is 29.2. The molecule has 0 radical (unpaired) electrons. The molecule has 0 saturated heterocycles. The van der Waals surface area contributed by atoms with Gasteiger partial charge in [0, 0.05) is 11.9 Å². The molecule has 0 saturated carbocycles. The zero-order chi connectivity index (χ0) is 33.4. The summed E-state index contributed by atoms with van der Waals surface area (Å²) in [5.74, 6) is -2.49. The summed E-state index contributed by atoms with van der Waals surface area (Å²) in [6.07, 6.45) is -1.27. The molecule has 4 aromatic rings. The van der Waals surface area contributed by atoms with E-state index in [1.165, 1.54) is 17.0 Å². The summed E-state index contributed by atoms with van der Waals surface area (Å²) < 4.78 is 72.4. The quantitative estimate of drug-likeness (QED) is 0.183. The van der Waals surface area contributed by atoms with Gasteiger partial charge in [0.1, 0.15) is 17.6 Å². The lowest BCUT2D eigenvalue weighted by molar-refractivity contribution is -0.152. The number of hydrogen-bond donors (Lipinski definition) is 0. The number of benzene rings is 3. The number of carbonyl (C=O) groups excluding carboxylic acids is 2. The molecule has 0 aliphatic carbocycles. The molecule has 0 fully saturated rings. The van der Waals surface area contributed by atoms with Crippen LogP contribution in [-0.2, 0) is 45.0 Å². The highest BCUT2D eigenvalue weighted by Crippen LogP contribution is 2.48. The summed E-state index contributed by atoms with van der Waals surface area (Å²) in [7, 11) is -7.43. The Labute approximate surface area is 268 Å². The molecule has 1 aliphatic rings. The molecule has 3 aromatic carbocycles. The van der Waals surface area contributed by atoms with Gasteiger partial charge < -0.3 is 9.47 Å². The van der Waals surface area contributed by atoms with Gasteiger partial charge in [-0.05, 0) is 56.5 Å². The van der Waals surface area contributed by atoms with Crippen molar-refractivity contribution in [3.8, 4) is 0 Å². The molecule has 11 nitrogen and oxygen atoms in total. The molecule has 1 amide bonds. The van der Waals surface area contributed by atoms with Crippen LogP contribution in [0.15, 0.2) is 89.8 Å². The standard InChI is InChI=1S/C33H36N2O9S2/c1-33(2,3)43-32(37)34-21-20-25-24-18-12-13-19-26(24)35(46(40,41)23-16-10-7-11-17-23)28(25)29(34)27(31(36)42-4)30(44-45(5,38)39)22-14-8-6-9-15-22/h6-19,27,29-30H,20-21H2,1-5H3. The lowest BCUT2D eigenvalue weighted by Crippen LogP contribution is -2.49. The Bertz CT molecular complexity index is 1970. The SMILES string of the molecule is COC(=O)C(C(OS(C)(=O)=O)c1ccccc1)C1c2c(c3ccccc3n2S(=O)(=O)c2ccccc2)CCN1C(=O)OC(C)(C)C. The molecular formula is C33H36N2O9S2. The van der Waals surface area contributed by atoms with Crippen LogP contribution < -0.4 is 0 Å². The van der Waals surface area contributed by atoms with E-state index in [2.05, 4.69) is 0 Å². The third-order valence-electron chi connectivity index (χ3n) is 7.65. The number of aromatic nitrogens is 1. The summed E-state index contributed by atoms with van der Waals surface area (Å²) in [5, 5.41) is 0.606. The number of nitrogens with zero attached hydrogens (tertiary/aromatic N) is 2. The average molecular weight is 669 g/mol. The number of hydrogen-bond acceptors (Lipinski definition) is 9. The van der Waals surface area contributed by atoms with Crippen LogP contribution in [0, 0.1) is 5.92 Å². The molecule has 0 N–H and O–H groups in total. The molecule has 0 bridgehead atoms. The number of fused-ring (bicyclic) bond motifs is 3. The van der Waals surface area contributed by atoms with Gasteiger partial charge in [-0.3, -0.25) is 13.9 Å². The minimum absolute atomic E-state index is 0.0201. The van der Waals surface area contributed by atoms with Crippen LogP contribution in [0.3, 0.4) is 0 Å². The maximum atomic E-state index is 14.5. The van der Waals surface area contributed by atoms with Crippen LogP contribution in [0.5, 0.6) is 0 Å². The molecule has 244 valence electrons. The number of amides is 1. The van der Waals surface area contributed by atoms with Gasteiger partial charge in [-0.25, -0.2) is 17.2 Å². The summed E-state index contributed by atoms with van der Waals surface area (Å²) >= 11 is 0. The summed E-state index contributed by atoms with van der Waals surface area (Å²) in [5.41, 5.74) is 0.369. The Kier molecular flexibility index (Phi) is 9.04. The second-order valence-electron chi connectivity index (χ2n) is 12.0. The van der Waals surface area contributed by atoms with Crippen molar-refractivity contribution in [3.05, 3.63) is 102 Å². The van der Waals surface area contributed by atoms with E-state index in [-0.39, 0.29) is 23.6 Å². The van der Waals surface area contributed by atoms with Gasteiger partial charge in [-0.1, -0.05) is 66.7 Å². The van der Waals surface area contributed by atoms with Gasteiger partial charge in [-0.2, -0.15) is 8.42 Å². The van der Waals surface area contributed by atoms with Crippen molar-refractivity contribution in [1.29, 1.82) is 0 Å². The van der Waals surface area contributed by atoms with Crippen LogP contribution in [-0.4, -0.2) is 63.3 Å². The Morgan fingerprint density at radius 3 is 2.04 bits per heavy atom. The molecule has 3 atom stereocenters. The molecule has 5 rings (SSSR count). The third-order valence-corrected chi connectivity index (χ3v) is 9.95. The molecule has 1 aromatic heterocycles. The predicted molar refractivity (Wildman–Crippen MR) is 171 cm³/mol. The van der Waals surface area contributed by atoms with Crippen molar-refractivity contribution in [3.63, 3.8) is 0 Å². The molecular weight excluding hydrogens is 633 g/mol. The second-order valence-corrected chi connectivity index (χ2v) is 15.4. The molecule has 2 heterocycles. The van der Waals surface area contributed by atoms with Gasteiger partial charge in [0.15, 0.2) is 0 Å². The average Bonchev–Trinajstić information content (AvgIpc) is 3.35. The van der Waals surface area contributed by atoms with E-state index in [0.717, 1.165) is 17.3 Å². The van der Waals surface area contributed by atoms with Crippen molar-refractivity contribution in [2.45, 2.75) is 49.8 Å². The van der Waals surface area contributed by atoms with E-state index in [0.29, 0.717) is 22.0 Å². The number of ether oxygens (including phenoxy) is 2. The van der Waals surface area contributed by atoms with Crippen LogP contribution in [0.2, 0.25) is 0 Å². The first-order valence-electron chi connectivity index (χ1n) is 14.6. The fourth-order valence-electron chi connectivity index (χ4n) is 5.93. The molecule has 3 unspecified atom stereocenters. The monoisotopic (exact) mass is 668 g/mol. The van der Waals surface area contributed by atoms with Crippen molar-refractivity contribution >= 4 is 43.1 Å². The lowest BCUT2D eigenvalue weighted by atomic mass is 9.83. The van der Waals surface area contributed by atoms with E-state index in [4.69, 9.17) is 13.7 Å². The first-order valence-corrected chi connectivity index (χ1v) is 17.8. The topological polar surface area (TPSA) is 138 Å². The maximum absolute atomic E-state index is 14.5. The van der Waals surface area contributed by atoms with Crippen molar-refractivity contribution in [2.75, 3.05) is 19.9 Å². The van der Waals surface area contributed by atoms with Crippen molar-refractivity contribution in [1.82, 2.24) is 8.87 Å². The molecule has 13 heteroatoms. The first kappa shape index (κ1) is 33.2. The van der Waals surface area contributed by atoms with Gasteiger partial charge in [0.2, 0.25) is 0 Å². The molecule has 0 spiro atoms. The highest BCUT2D eigenvalue weighted by atomic mass is 32.2. The number of rotatable bonds is 8. The Morgan fingerprint density at radius 2 is 1.46 bits per heavy atom. The number of methoxy groups -OCH3 is 1. The largest absolute Gasteiger partial charge is 0.469 e. The van der Waals surface area contributed by atoms with E-state index >= 15 is 0 Å². The number of carbonyl (C=O) groups is 2. The van der Waals surface area contributed by atoms with Crippen LogP contribution in [0.4, 0.5) is 4.79 Å². The van der Waals surface area contributed by atoms with Gasteiger partial charge in [0.25, 0.3) is 20.1 Å². The molecule has 1 aliphatic heterocycles. The molecule has 46 heavy (non-hydrogen) atoms. The van der Waals surface area contributed by atoms with E-state index in [1.54, 1.807) is 93.6 Å². The Morgan fingerprint density at radius 1 is 0.870 bits per heavy atom. The zero-order valence-electron chi connectivity index (χ0n) is 26.1. The zero-order valence-corrected chi connectivity index (χ0v) is 27.7. The fourth-order valence-corrected chi connectivity index (χ4v) is 8.15. The van der Waals surface area contributed by atoms with Crippen molar-refractivity contribution in [2.24, 2.45) is 5.92 Å². The summed E-state index contributed by atoms with van der Waals surface area (Å²) in [6, 6.07) is 21.5. The van der Waals surface area contributed by atoms with E-state index in [9.17, 15) is 26.4 Å². The van der Waals surface area contributed by atoms with Crippen molar-refractivity contribution < 1.29 is 40.1 Å². The highest BCUT2D eigenvalue weighted by Gasteiger charge is 2.50. The van der Waals surface area contributed by atoms with Crippen LogP contribution in [0.25, 0.3) is 10.9 Å². The predicted octanol–water partition coefficient (Wildman–Crippen LogP) is 5.22. The lowest BCUT2D eigenvalue weighted by Gasteiger charge is -2.42.